The monoisotopic (exact) mass is 570 g/mol. The first-order chi connectivity index (χ1) is 18.3. The second kappa shape index (κ2) is 12.7. The van der Waals surface area contributed by atoms with E-state index in [1.807, 2.05) is 6.07 Å². The van der Waals surface area contributed by atoms with Crippen LogP contribution in [0.4, 0.5) is 0 Å². The van der Waals surface area contributed by atoms with E-state index in [1.165, 1.54) is 73.6 Å². The molecular formula is C37H36Zr. The molecule has 1 aliphatic carbocycles. The Hall–Kier alpha value is -3.02. The second-order valence-corrected chi connectivity index (χ2v) is 11.5. The smallest absolute Gasteiger partial charge is 0.0623 e. The summed E-state index contributed by atoms with van der Waals surface area (Å²) in [5, 5.41) is 5.39. The van der Waals surface area contributed by atoms with Crippen LogP contribution in [-0.2, 0) is 29.7 Å². The molecule has 5 aromatic carbocycles. The van der Waals surface area contributed by atoms with Crippen LogP contribution in [-0.4, -0.2) is 3.71 Å². The molecule has 0 aliphatic heterocycles. The molecule has 0 saturated heterocycles. The van der Waals surface area contributed by atoms with Gasteiger partial charge < -0.3 is 0 Å². The molecule has 1 unspecified atom stereocenters. The topological polar surface area (TPSA) is 0 Å². The summed E-state index contributed by atoms with van der Waals surface area (Å²) < 4.78 is 2.21. The average molecular weight is 572 g/mol. The summed E-state index contributed by atoms with van der Waals surface area (Å²) in [6.07, 6.45) is 5.66. The number of allylic oxidation sites excluding steroid dienone is 4. The van der Waals surface area contributed by atoms with Crippen molar-refractivity contribution in [3.63, 3.8) is 0 Å². The fraction of sp³-hybridized carbons (Fsp3) is 0.189. The van der Waals surface area contributed by atoms with E-state index in [4.69, 9.17) is 0 Å². The van der Waals surface area contributed by atoms with Gasteiger partial charge >= 0.3 is 89.5 Å². The van der Waals surface area contributed by atoms with Crippen LogP contribution in [0.25, 0.3) is 27.1 Å². The van der Waals surface area contributed by atoms with Crippen molar-refractivity contribution in [3.8, 4) is 0 Å². The van der Waals surface area contributed by atoms with Gasteiger partial charge in [0.2, 0.25) is 0 Å². The van der Waals surface area contributed by atoms with Crippen LogP contribution in [0.1, 0.15) is 51.3 Å². The quantitative estimate of drug-likeness (QED) is 0.185. The molecule has 0 N–H and O–H groups in total. The van der Waals surface area contributed by atoms with Crippen molar-refractivity contribution in [3.05, 3.63) is 144 Å². The number of fused-ring (bicyclic) bond motifs is 3. The van der Waals surface area contributed by atoms with Gasteiger partial charge in [-0.1, -0.05) is 86.5 Å². The van der Waals surface area contributed by atoms with Crippen LogP contribution in [0.2, 0.25) is 0 Å². The van der Waals surface area contributed by atoms with Gasteiger partial charge in [-0.2, -0.15) is 11.6 Å². The molecule has 1 heteroatoms. The van der Waals surface area contributed by atoms with Gasteiger partial charge in [0.15, 0.2) is 0 Å². The molecule has 0 radical (unpaired) electrons. The molecule has 1 aliphatic rings. The van der Waals surface area contributed by atoms with Crippen LogP contribution >= 0.6 is 0 Å². The second-order valence-electron chi connectivity index (χ2n) is 10.8. The molecule has 6 rings (SSSR count). The fourth-order valence-electron chi connectivity index (χ4n) is 4.75. The first kappa shape index (κ1) is 28.0. The zero-order valence-corrected chi connectivity index (χ0v) is 25.6. The van der Waals surface area contributed by atoms with Crippen molar-refractivity contribution < 1.29 is 24.2 Å². The van der Waals surface area contributed by atoms with Crippen LogP contribution in [0.5, 0.6) is 0 Å². The minimum atomic E-state index is 0.277. The van der Waals surface area contributed by atoms with Gasteiger partial charge in [0.1, 0.15) is 0 Å². The van der Waals surface area contributed by atoms with Crippen molar-refractivity contribution in [1.82, 2.24) is 0 Å². The molecule has 0 spiro atoms. The molecule has 0 nitrogen and oxygen atoms in total. The van der Waals surface area contributed by atoms with E-state index in [0.717, 1.165) is 0 Å². The molecule has 0 aromatic heterocycles. The van der Waals surface area contributed by atoms with Crippen molar-refractivity contribution in [1.29, 1.82) is 0 Å². The van der Waals surface area contributed by atoms with Crippen LogP contribution < -0.4 is 0 Å². The Balaban J connectivity index is 0.000000133. The minimum absolute atomic E-state index is 0.277. The third-order valence-corrected chi connectivity index (χ3v) is 7.64. The van der Waals surface area contributed by atoms with Crippen LogP contribution in [0, 0.1) is 12.0 Å². The molecule has 0 saturated carbocycles. The Labute approximate surface area is 243 Å². The van der Waals surface area contributed by atoms with Gasteiger partial charge in [-0.15, -0.1) is 45.3 Å². The van der Waals surface area contributed by atoms with Crippen molar-refractivity contribution in [2.24, 2.45) is 5.92 Å². The molecule has 188 valence electrons. The van der Waals surface area contributed by atoms with Gasteiger partial charge in [0.05, 0.1) is 0 Å². The molecule has 0 fully saturated rings. The summed E-state index contributed by atoms with van der Waals surface area (Å²) in [5.74, 6) is 0.468. The summed E-state index contributed by atoms with van der Waals surface area (Å²) >= 11 is 1.46. The van der Waals surface area contributed by atoms with Gasteiger partial charge in [0.25, 0.3) is 0 Å². The summed E-state index contributed by atoms with van der Waals surface area (Å²) in [7, 11) is 0. The fourth-order valence-corrected chi connectivity index (χ4v) is 5.22. The molecule has 0 amide bonds. The predicted molar refractivity (Wildman–Crippen MR) is 163 cm³/mol. The normalized spacial score (nSPS) is 14.7. The Morgan fingerprint density at radius 3 is 1.74 bits per heavy atom. The molecule has 1 atom stereocenters. The molecular weight excluding hydrogens is 536 g/mol. The largest absolute Gasteiger partial charge is 0.266 e. The summed E-state index contributed by atoms with van der Waals surface area (Å²) in [6.45, 7) is 11.0. The molecule has 38 heavy (non-hydrogen) atoms. The van der Waals surface area contributed by atoms with Crippen molar-refractivity contribution >= 4 is 30.8 Å². The zero-order valence-electron chi connectivity index (χ0n) is 23.1. The van der Waals surface area contributed by atoms with E-state index in [2.05, 4.69) is 154 Å². The molecule has 0 heterocycles. The van der Waals surface area contributed by atoms with E-state index in [0.29, 0.717) is 5.92 Å². The maximum absolute atomic E-state index is 3.39. The van der Waals surface area contributed by atoms with Crippen LogP contribution in [0.15, 0.2) is 121 Å². The molecule has 0 bridgehead atoms. The van der Waals surface area contributed by atoms with E-state index in [9.17, 15) is 0 Å². The summed E-state index contributed by atoms with van der Waals surface area (Å²) in [4.78, 5) is 0. The Kier molecular flexibility index (Phi) is 9.35. The predicted octanol–water partition coefficient (Wildman–Crippen LogP) is 9.86. The standard InChI is InChI=1S/C13H9.C13H13.C11H14.Zr/c1-3-7-12-10(5-1)9-11-6-2-4-8-13(11)12;1-10-8-11(2)13(9-10)12-6-4-3-5-7-12;1-9-5-7-10(8-6-9)11(2,3)4;/h1-9H;3-7,9-10H,1-2H3;1,5-8H,2-4H3;/q2*-1;;+2. The number of hydrogen-bond donors (Lipinski definition) is 0. The van der Waals surface area contributed by atoms with Gasteiger partial charge in [-0.25, -0.2) is 5.57 Å². The van der Waals surface area contributed by atoms with Crippen molar-refractivity contribution in [2.45, 2.75) is 40.0 Å². The summed E-state index contributed by atoms with van der Waals surface area (Å²) in [5.41, 5.74) is 6.94. The first-order valence-corrected chi connectivity index (χ1v) is 14.7. The van der Waals surface area contributed by atoms with Crippen LogP contribution in [0.3, 0.4) is 0 Å². The number of benzene rings is 4. The third kappa shape index (κ3) is 7.09. The van der Waals surface area contributed by atoms with E-state index in [1.54, 1.807) is 0 Å². The van der Waals surface area contributed by atoms with Crippen molar-refractivity contribution in [2.75, 3.05) is 0 Å². The van der Waals surface area contributed by atoms with Gasteiger partial charge in [0, 0.05) is 0 Å². The maximum Gasteiger partial charge on any atom is -0.0623 e. The average Bonchev–Trinajstić information content (AvgIpc) is 3.48. The van der Waals surface area contributed by atoms with E-state index >= 15 is 0 Å². The number of rotatable bonds is 2. The van der Waals surface area contributed by atoms with Gasteiger partial charge in [-0.05, 0) is 0 Å². The number of hydrogen-bond acceptors (Lipinski definition) is 0. The first-order valence-electron chi connectivity index (χ1n) is 13.3. The SMILES string of the molecule is CC(C)(C)c1ccc([CH]=[Zr+2])cc1.CC1=[C-]C(C)C=C1c1ccccc1.c1ccc2c(c1)[cH-]c1ccccc12. The Morgan fingerprint density at radius 1 is 0.737 bits per heavy atom. The Bertz CT molecular complexity index is 1500. The van der Waals surface area contributed by atoms with E-state index in [-0.39, 0.29) is 5.41 Å². The molecule has 5 aromatic rings. The third-order valence-electron chi connectivity index (χ3n) is 6.82. The van der Waals surface area contributed by atoms with Gasteiger partial charge in [-0.3, -0.25) is 6.08 Å². The van der Waals surface area contributed by atoms with E-state index < -0.39 is 0 Å². The zero-order chi connectivity index (χ0) is 27.1. The Morgan fingerprint density at radius 2 is 1.26 bits per heavy atom. The minimum Gasteiger partial charge on any atom is -0.266 e. The summed E-state index contributed by atoms with van der Waals surface area (Å²) in [6, 6.07) is 38.6. The maximum atomic E-state index is 3.39.